The van der Waals surface area contributed by atoms with Crippen LogP contribution in [-0.2, 0) is 10.0 Å². The Labute approximate surface area is 105 Å². The summed E-state index contributed by atoms with van der Waals surface area (Å²) in [7, 11) is -4.07. The normalized spacial score (nSPS) is 13.3. The van der Waals surface area contributed by atoms with Crippen LogP contribution in [0.4, 0.5) is 4.39 Å². The first-order chi connectivity index (χ1) is 8.27. The van der Waals surface area contributed by atoms with E-state index in [4.69, 9.17) is 0 Å². The van der Waals surface area contributed by atoms with Gasteiger partial charge in [-0.3, -0.25) is 0 Å². The van der Waals surface area contributed by atoms with Gasteiger partial charge in [0.25, 0.3) is 0 Å². The lowest BCUT2D eigenvalue weighted by Gasteiger charge is -2.13. The van der Waals surface area contributed by atoms with E-state index in [0.717, 1.165) is 18.2 Å². The molecule has 0 saturated carbocycles. The highest BCUT2D eigenvalue weighted by Gasteiger charge is 2.21. The number of benzene rings is 1. The molecule has 0 aromatic heterocycles. The first kappa shape index (κ1) is 14.6. The smallest absolute Gasteiger partial charge is 0.243 e. The molecule has 0 spiro atoms. The van der Waals surface area contributed by atoms with E-state index < -0.39 is 26.7 Å². The highest BCUT2D eigenvalue weighted by Crippen LogP contribution is 2.16. The number of halogens is 1. The number of carboxylic acid groups (broad SMARTS) is 1. The SMILES string of the molecule is CC[C@@H](C)NS(=O)(=O)c1cc(C(=O)[O-])ccc1F. The summed E-state index contributed by atoms with van der Waals surface area (Å²) in [5.74, 6) is -2.56. The molecule has 7 heteroatoms. The van der Waals surface area contributed by atoms with Crippen molar-refractivity contribution < 1.29 is 22.7 Å². The molecule has 1 aromatic rings. The molecule has 0 radical (unpaired) electrons. The first-order valence-corrected chi connectivity index (χ1v) is 6.79. The number of carbonyl (C=O) groups excluding carboxylic acids is 1. The number of carbonyl (C=O) groups is 1. The number of aromatic carboxylic acids is 1. The molecule has 0 fully saturated rings. The summed E-state index contributed by atoms with van der Waals surface area (Å²) in [6, 6.07) is 2.11. The number of hydrogen-bond donors (Lipinski definition) is 1. The van der Waals surface area contributed by atoms with Gasteiger partial charge in [-0.25, -0.2) is 17.5 Å². The number of sulfonamides is 1. The molecule has 1 aromatic carbocycles. The number of nitrogens with one attached hydrogen (secondary N) is 1. The maximum atomic E-state index is 13.5. The predicted octanol–water partition coefficient (Wildman–Crippen LogP) is 0.266. The van der Waals surface area contributed by atoms with E-state index >= 15 is 0 Å². The molecule has 0 unspecified atom stereocenters. The van der Waals surface area contributed by atoms with Crippen LogP contribution in [0.15, 0.2) is 23.1 Å². The fourth-order valence-electron chi connectivity index (χ4n) is 1.25. The van der Waals surface area contributed by atoms with Crippen LogP contribution < -0.4 is 9.83 Å². The van der Waals surface area contributed by atoms with Gasteiger partial charge in [0.1, 0.15) is 10.7 Å². The van der Waals surface area contributed by atoms with Gasteiger partial charge in [-0.1, -0.05) is 13.0 Å². The minimum Gasteiger partial charge on any atom is -0.545 e. The Balaban J connectivity index is 3.23. The van der Waals surface area contributed by atoms with Crippen molar-refractivity contribution in [3.05, 3.63) is 29.6 Å². The van der Waals surface area contributed by atoms with Crippen molar-refractivity contribution in [2.24, 2.45) is 0 Å². The van der Waals surface area contributed by atoms with Crippen molar-refractivity contribution in [1.29, 1.82) is 0 Å². The van der Waals surface area contributed by atoms with Crippen LogP contribution in [0, 0.1) is 5.82 Å². The molecular weight excluding hydrogens is 261 g/mol. The van der Waals surface area contributed by atoms with E-state index in [0.29, 0.717) is 6.42 Å². The summed E-state index contributed by atoms with van der Waals surface area (Å²) in [5, 5.41) is 10.6. The lowest BCUT2D eigenvalue weighted by molar-refractivity contribution is -0.255. The fraction of sp³-hybridized carbons (Fsp3) is 0.364. The Morgan fingerprint density at radius 3 is 2.61 bits per heavy atom. The minimum absolute atomic E-state index is 0.374. The van der Waals surface area contributed by atoms with E-state index in [9.17, 15) is 22.7 Å². The van der Waals surface area contributed by atoms with Crippen LogP contribution in [0.3, 0.4) is 0 Å². The standard InChI is InChI=1S/C11H14FNO4S/c1-3-7(2)13-18(16,17)10-6-8(11(14)15)4-5-9(10)12/h4-7,13H,3H2,1-2H3,(H,14,15)/p-1/t7-/m1/s1. The fourth-order valence-corrected chi connectivity index (χ4v) is 2.68. The molecule has 1 N–H and O–H groups in total. The largest absolute Gasteiger partial charge is 0.545 e. The van der Waals surface area contributed by atoms with Crippen molar-refractivity contribution in [3.63, 3.8) is 0 Å². The average Bonchev–Trinajstić information content (AvgIpc) is 2.28. The summed E-state index contributed by atoms with van der Waals surface area (Å²) < 4.78 is 39.4. The van der Waals surface area contributed by atoms with Crippen molar-refractivity contribution in [1.82, 2.24) is 4.72 Å². The third-order valence-electron chi connectivity index (χ3n) is 2.43. The average molecular weight is 274 g/mol. The molecule has 0 saturated heterocycles. The van der Waals surface area contributed by atoms with Crippen LogP contribution in [0.25, 0.3) is 0 Å². The highest BCUT2D eigenvalue weighted by atomic mass is 32.2. The van der Waals surface area contributed by atoms with Gasteiger partial charge in [0.2, 0.25) is 10.0 Å². The Hall–Kier alpha value is -1.47. The Kier molecular flexibility index (Phi) is 4.42. The monoisotopic (exact) mass is 274 g/mol. The lowest BCUT2D eigenvalue weighted by Crippen LogP contribution is -2.33. The topological polar surface area (TPSA) is 86.3 Å². The van der Waals surface area contributed by atoms with Crippen LogP contribution in [0.5, 0.6) is 0 Å². The van der Waals surface area contributed by atoms with E-state index in [1.54, 1.807) is 13.8 Å². The third-order valence-corrected chi connectivity index (χ3v) is 4.03. The van der Waals surface area contributed by atoms with Gasteiger partial charge in [0.05, 0.1) is 5.97 Å². The second-order valence-electron chi connectivity index (χ2n) is 3.86. The molecular formula is C11H13FNO4S-. The molecule has 18 heavy (non-hydrogen) atoms. The summed E-state index contributed by atoms with van der Waals surface area (Å²) in [6.07, 6.45) is 0.529. The first-order valence-electron chi connectivity index (χ1n) is 5.31. The van der Waals surface area contributed by atoms with Gasteiger partial charge < -0.3 is 9.90 Å². The van der Waals surface area contributed by atoms with E-state index in [-0.39, 0.29) is 11.6 Å². The molecule has 5 nitrogen and oxygen atoms in total. The molecule has 100 valence electrons. The lowest BCUT2D eigenvalue weighted by atomic mass is 10.2. The Morgan fingerprint density at radius 1 is 1.50 bits per heavy atom. The zero-order chi connectivity index (χ0) is 13.9. The predicted molar refractivity (Wildman–Crippen MR) is 60.8 cm³/mol. The Morgan fingerprint density at radius 2 is 2.11 bits per heavy atom. The molecule has 0 aliphatic heterocycles. The molecule has 0 amide bonds. The van der Waals surface area contributed by atoms with Gasteiger partial charge in [0, 0.05) is 6.04 Å². The number of hydrogen-bond acceptors (Lipinski definition) is 4. The van der Waals surface area contributed by atoms with Gasteiger partial charge in [-0.15, -0.1) is 0 Å². The number of rotatable bonds is 5. The van der Waals surface area contributed by atoms with Crippen LogP contribution in [-0.4, -0.2) is 20.4 Å². The van der Waals surface area contributed by atoms with Crippen LogP contribution in [0.2, 0.25) is 0 Å². The van der Waals surface area contributed by atoms with E-state index in [1.165, 1.54) is 0 Å². The Bertz CT molecular complexity index is 556. The molecule has 0 bridgehead atoms. The highest BCUT2D eigenvalue weighted by molar-refractivity contribution is 7.89. The van der Waals surface area contributed by atoms with Gasteiger partial charge >= 0.3 is 0 Å². The second kappa shape index (κ2) is 5.45. The van der Waals surface area contributed by atoms with Crippen molar-refractivity contribution in [2.45, 2.75) is 31.2 Å². The minimum atomic E-state index is -4.07. The summed E-state index contributed by atoms with van der Waals surface area (Å²) >= 11 is 0. The maximum Gasteiger partial charge on any atom is 0.243 e. The maximum absolute atomic E-state index is 13.5. The number of carboxylic acids is 1. The van der Waals surface area contributed by atoms with Gasteiger partial charge in [-0.2, -0.15) is 0 Å². The zero-order valence-electron chi connectivity index (χ0n) is 9.94. The van der Waals surface area contributed by atoms with Gasteiger partial charge in [0.15, 0.2) is 0 Å². The molecule has 1 rings (SSSR count). The van der Waals surface area contributed by atoms with Crippen molar-refractivity contribution in [3.8, 4) is 0 Å². The summed E-state index contributed by atoms with van der Waals surface area (Å²) in [6.45, 7) is 3.39. The quantitative estimate of drug-likeness (QED) is 0.834. The molecule has 0 heterocycles. The van der Waals surface area contributed by atoms with Crippen LogP contribution >= 0.6 is 0 Å². The van der Waals surface area contributed by atoms with Crippen molar-refractivity contribution >= 4 is 16.0 Å². The van der Waals surface area contributed by atoms with Gasteiger partial charge in [-0.05, 0) is 31.0 Å². The summed E-state index contributed by atoms with van der Waals surface area (Å²) in [4.78, 5) is 9.93. The summed E-state index contributed by atoms with van der Waals surface area (Å²) in [5.41, 5.74) is -0.388. The van der Waals surface area contributed by atoms with E-state index in [2.05, 4.69) is 4.72 Å². The molecule has 0 aliphatic carbocycles. The van der Waals surface area contributed by atoms with Crippen molar-refractivity contribution in [2.75, 3.05) is 0 Å². The molecule has 1 atom stereocenters. The zero-order valence-corrected chi connectivity index (χ0v) is 10.8. The van der Waals surface area contributed by atoms with Crippen LogP contribution in [0.1, 0.15) is 30.6 Å². The van der Waals surface area contributed by atoms with E-state index in [1.807, 2.05) is 0 Å². The third kappa shape index (κ3) is 3.27. The second-order valence-corrected chi connectivity index (χ2v) is 5.55. The molecule has 0 aliphatic rings.